The zero-order valence-corrected chi connectivity index (χ0v) is 17.8. The van der Waals surface area contributed by atoms with Crippen LogP contribution in [-0.2, 0) is 29.0 Å². The van der Waals surface area contributed by atoms with Gasteiger partial charge in [0, 0.05) is 0 Å². The fourth-order valence-electron chi connectivity index (χ4n) is 4.14. The monoisotopic (exact) mass is 506 g/mol. The van der Waals surface area contributed by atoms with Gasteiger partial charge in [0.05, 0.1) is 47.3 Å². The molecule has 4 aliphatic rings. The lowest BCUT2D eigenvalue weighted by molar-refractivity contribution is -0.0521. The van der Waals surface area contributed by atoms with Crippen molar-refractivity contribution in [1.82, 2.24) is 0 Å². The predicted molar refractivity (Wildman–Crippen MR) is 119 cm³/mol. The number of hydrogen-bond acceptors (Lipinski definition) is 18. The second-order valence-corrected chi connectivity index (χ2v) is 7.94. The quantitative estimate of drug-likeness (QED) is 0.505. The highest BCUT2D eigenvalue weighted by Crippen LogP contribution is 2.40. The van der Waals surface area contributed by atoms with Crippen molar-refractivity contribution >= 4 is 34.1 Å². The van der Waals surface area contributed by atoms with Crippen molar-refractivity contribution in [2.45, 2.75) is 24.4 Å². The molecule has 0 aliphatic carbocycles. The summed E-state index contributed by atoms with van der Waals surface area (Å²) in [7, 11) is 0. The van der Waals surface area contributed by atoms with Gasteiger partial charge in [0.2, 0.25) is 0 Å². The highest BCUT2D eigenvalue weighted by molar-refractivity contribution is 5.78. The molecule has 0 N–H and O–H groups in total. The molecule has 0 spiro atoms. The van der Waals surface area contributed by atoms with E-state index in [9.17, 15) is 31.2 Å². The lowest BCUT2D eigenvalue weighted by atomic mass is 10.1. The van der Waals surface area contributed by atoms with Crippen molar-refractivity contribution in [3.05, 3.63) is 67.6 Å². The van der Waals surface area contributed by atoms with Crippen LogP contribution in [0.2, 0.25) is 0 Å². The van der Waals surface area contributed by atoms with E-state index >= 15 is 0 Å². The van der Waals surface area contributed by atoms with Crippen LogP contribution in [0.25, 0.3) is 0 Å². The molecule has 18 heteroatoms. The molecule has 18 nitrogen and oxygen atoms in total. The van der Waals surface area contributed by atoms with E-state index in [0.717, 1.165) is 12.1 Å². The van der Waals surface area contributed by atoms with Crippen LogP contribution in [-0.4, -0.2) is 37.6 Å². The Hall–Kier alpha value is -3.24. The lowest BCUT2D eigenvalue weighted by Crippen LogP contribution is -2.38. The summed E-state index contributed by atoms with van der Waals surface area (Å²) in [6.07, 6.45) is -3.27. The zero-order valence-electron chi connectivity index (χ0n) is 17.8. The molecule has 4 heterocycles. The van der Waals surface area contributed by atoms with Crippen molar-refractivity contribution in [1.29, 1.82) is 0 Å². The summed E-state index contributed by atoms with van der Waals surface area (Å²) in [6, 6.07) is 7.21. The van der Waals surface area contributed by atoms with Crippen LogP contribution in [0.15, 0.2) is 36.4 Å². The topological polar surface area (TPSA) is 213 Å². The summed E-state index contributed by atoms with van der Waals surface area (Å²) in [6.45, 7) is -0.132. The minimum atomic E-state index is -0.876. The van der Waals surface area contributed by atoms with Gasteiger partial charge in [0.1, 0.15) is 24.4 Å². The molecule has 0 amide bonds. The third-order valence-electron chi connectivity index (χ3n) is 5.85. The molecule has 36 heavy (non-hydrogen) atoms. The molecular weight excluding hydrogens is 492 g/mol. The van der Waals surface area contributed by atoms with Gasteiger partial charge in [-0.1, -0.05) is 0 Å². The molecular formula is C18H14N6O12-6. The smallest absolute Gasteiger partial charge is 0.137 e. The Kier molecular flexibility index (Phi) is 5.60. The van der Waals surface area contributed by atoms with E-state index in [1.165, 1.54) is 24.3 Å². The standard InChI is InChI=1S/C18H14N6O12/c25-19(9-1-3-11-13(5-9)23(29)35-21(11)27)33-15-7-31-18-16(8-32-17(15)18)34-20(26)10-2-4-12-14(6-10)24(30)36-22(12)28/h1-6,15-18H,7-8H2/q-6. The van der Waals surface area contributed by atoms with Crippen molar-refractivity contribution in [3.63, 3.8) is 0 Å². The van der Waals surface area contributed by atoms with E-state index in [4.69, 9.17) is 19.1 Å². The van der Waals surface area contributed by atoms with Gasteiger partial charge in [-0.15, -0.1) is 0 Å². The maximum absolute atomic E-state index is 12.5. The van der Waals surface area contributed by atoms with E-state index in [-0.39, 0.29) is 78.7 Å². The predicted octanol–water partition coefficient (Wildman–Crippen LogP) is 1.33. The maximum Gasteiger partial charge on any atom is 0.137 e. The van der Waals surface area contributed by atoms with Crippen LogP contribution in [0.5, 0.6) is 0 Å². The van der Waals surface area contributed by atoms with Crippen molar-refractivity contribution in [2.24, 2.45) is 0 Å². The molecule has 2 fully saturated rings. The minimum Gasteiger partial charge on any atom is -0.733 e. The normalized spacial score (nSPS) is 26.5. The van der Waals surface area contributed by atoms with E-state index in [1.807, 2.05) is 0 Å². The first kappa shape index (κ1) is 23.2. The fraction of sp³-hybridized carbons (Fsp3) is 0.333. The largest absolute Gasteiger partial charge is 0.733 e. The second-order valence-electron chi connectivity index (χ2n) is 7.94. The molecule has 0 radical (unpaired) electrons. The van der Waals surface area contributed by atoms with Crippen molar-refractivity contribution < 1.29 is 29.0 Å². The SMILES string of the molecule is [O-]N(OC1COC2C(ON([O-])c3ccc4c(c3)N([O-])ON4[O-])COC12)c1ccc2c(c1)N([O-])ON2[O-]. The Morgan fingerprint density at radius 1 is 0.639 bits per heavy atom. The molecule has 4 atom stereocenters. The first-order valence-corrected chi connectivity index (χ1v) is 10.3. The molecule has 2 aromatic carbocycles. The van der Waals surface area contributed by atoms with Crippen LogP contribution in [0, 0.1) is 31.2 Å². The number of hydrogen-bond donors (Lipinski definition) is 0. The molecule has 6 rings (SSSR count). The fourth-order valence-corrected chi connectivity index (χ4v) is 4.14. The number of rotatable bonds is 6. The second kappa shape index (κ2) is 8.70. The third kappa shape index (κ3) is 3.79. The Labute approximate surface area is 200 Å². The van der Waals surface area contributed by atoms with Gasteiger partial charge in [-0.05, 0) is 36.4 Å². The van der Waals surface area contributed by atoms with E-state index < -0.39 is 24.4 Å². The Morgan fingerprint density at radius 3 is 1.44 bits per heavy atom. The Bertz CT molecular complexity index is 1060. The number of ether oxygens (including phenoxy) is 2. The van der Waals surface area contributed by atoms with Gasteiger partial charge in [0.15, 0.2) is 0 Å². The van der Waals surface area contributed by atoms with Crippen molar-refractivity contribution in [3.8, 4) is 0 Å². The van der Waals surface area contributed by atoms with E-state index in [0.29, 0.717) is 0 Å². The first-order valence-electron chi connectivity index (χ1n) is 10.3. The van der Waals surface area contributed by atoms with Crippen molar-refractivity contribution in [2.75, 3.05) is 44.6 Å². The summed E-state index contributed by atoms with van der Waals surface area (Å²) >= 11 is 0. The molecule has 2 aromatic rings. The summed E-state index contributed by atoms with van der Waals surface area (Å²) in [5.74, 6) is 0. The van der Waals surface area contributed by atoms with Gasteiger partial charge < -0.3 is 51.2 Å². The van der Waals surface area contributed by atoms with Gasteiger partial charge in [-0.2, -0.15) is 9.88 Å². The molecule has 4 aliphatic heterocycles. The molecule has 0 aromatic heterocycles. The van der Waals surface area contributed by atoms with E-state index in [1.54, 1.807) is 0 Å². The maximum atomic E-state index is 12.5. The summed E-state index contributed by atoms with van der Waals surface area (Å²) in [5.41, 5.74) is -0.658. The van der Waals surface area contributed by atoms with Crippen LogP contribution < -0.4 is 31.4 Å². The first-order chi connectivity index (χ1) is 17.3. The average molecular weight is 506 g/mol. The molecule has 194 valence electrons. The van der Waals surface area contributed by atoms with Gasteiger partial charge in [-0.25, -0.2) is 0 Å². The van der Waals surface area contributed by atoms with Crippen LogP contribution in [0.3, 0.4) is 0 Å². The number of fused-ring (bicyclic) bond motifs is 3. The van der Waals surface area contributed by atoms with Gasteiger partial charge in [-0.3, -0.25) is 30.6 Å². The van der Waals surface area contributed by atoms with Gasteiger partial charge >= 0.3 is 0 Å². The molecule has 4 unspecified atom stereocenters. The highest BCUT2D eigenvalue weighted by atomic mass is 17.1. The lowest BCUT2D eigenvalue weighted by Gasteiger charge is -2.34. The van der Waals surface area contributed by atoms with Crippen LogP contribution in [0.1, 0.15) is 0 Å². The molecule has 2 saturated heterocycles. The zero-order chi connectivity index (χ0) is 25.1. The molecule has 0 saturated carbocycles. The van der Waals surface area contributed by atoms with Gasteiger partial charge in [0.25, 0.3) is 0 Å². The number of nitrogens with zero attached hydrogens (tertiary/aromatic N) is 6. The number of benzene rings is 2. The summed E-state index contributed by atoms with van der Waals surface area (Å²) < 4.78 is 11.3. The van der Waals surface area contributed by atoms with Crippen LogP contribution >= 0.6 is 0 Å². The van der Waals surface area contributed by atoms with E-state index in [2.05, 4.69) is 9.88 Å². The molecule has 0 bridgehead atoms. The minimum absolute atomic E-state index is 0.00900. The van der Waals surface area contributed by atoms with Crippen LogP contribution in [0.4, 0.5) is 34.1 Å². The Balaban J connectivity index is 1.08. The average Bonchev–Trinajstić information content (AvgIpc) is 3.59. The highest BCUT2D eigenvalue weighted by Gasteiger charge is 2.50. The Morgan fingerprint density at radius 2 is 1.03 bits per heavy atom. The third-order valence-corrected chi connectivity index (χ3v) is 5.85. The number of anilines is 6. The summed E-state index contributed by atoms with van der Waals surface area (Å²) in [4.78, 5) is 19.4. The summed E-state index contributed by atoms with van der Waals surface area (Å²) in [5, 5.41) is 71.5.